The lowest BCUT2D eigenvalue weighted by Crippen LogP contribution is -2.38. The van der Waals surface area contributed by atoms with Crippen molar-refractivity contribution in [3.8, 4) is 0 Å². The van der Waals surface area contributed by atoms with Crippen LogP contribution in [0.25, 0.3) is 0 Å². The molecular weight excluding hydrogens is 290 g/mol. The van der Waals surface area contributed by atoms with Gasteiger partial charge >= 0.3 is 0 Å². The zero-order valence-electron chi connectivity index (χ0n) is 11.8. The van der Waals surface area contributed by atoms with Crippen LogP contribution in [-0.2, 0) is 9.53 Å². The predicted octanol–water partition coefficient (Wildman–Crippen LogP) is 0.664. The molecule has 1 fully saturated rings. The highest BCUT2D eigenvalue weighted by molar-refractivity contribution is 7.99. The summed E-state index contributed by atoms with van der Waals surface area (Å²) >= 11 is 1.68. The standard InChI is InChI=1S/C14H19N3O3S/c1-20-7-6-15-13(18)10-4-2-3-5-11(10)17-14(19)12-8-21-9-16-12/h2-5,12,16H,6-9H2,1H3,(H,15,18)(H,17,19). The number of carbonyl (C=O) groups is 2. The Kier molecular flexibility index (Phi) is 6.04. The predicted molar refractivity (Wildman–Crippen MR) is 83.5 cm³/mol. The van der Waals surface area contributed by atoms with Crippen LogP contribution in [0.3, 0.4) is 0 Å². The molecule has 114 valence electrons. The van der Waals surface area contributed by atoms with E-state index in [2.05, 4.69) is 16.0 Å². The molecule has 2 amide bonds. The minimum atomic E-state index is -0.225. The first-order chi connectivity index (χ1) is 10.2. The summed E-state index contributed by atoms with van der Waals surface area (Å²) in [5.74, 6) is 1.18. The van der Waals surface area contributed by atoms with Crippen LogP contribution in [0.15, 0.2) is 24.3 Å². The lowest BCUT2D eigenvalue weighted by atomic mass is 10.1. The summed E-state index contributed by atoms with van der Waals surface area (Å²) in [4.78, 5) is 24.2. The number of amides is 2. The highest BCUT2D eigenvalue weighted by Crippen LogP contribution is 2.17. The maximum Gasteiger partial charge on any atom is 0.253 e. The monoisotopic (exact) mass is 309 g/mol. The Balaban J connectivity index is 2.02. The molecule has 1 saturated heterocycles. The van der Waals surface area contributed by atoms with E-state index in [-0.39, 0.29) is 17.9 Å². The number of carbonyl (C=O) groups excluding carboxylic acids is 2. The molecule has 0 radical (unpaired) electrons. The number of rotatable bonds is 6. The van der Waals surface area contributed by atoms with Gasteiger partial charge in [-0.2, -0.15) is 0 Å². The van der Waals surface area contributed by atoms with Gasteiger partial charge in [-0.1, -0.05) is 12.1 Å². The van der Waals surface area contributed by atoms with Gasteiger partial charge < -0.3 is 15.4 Å². The Morgan fingerprint density at radius 3 is 2.95 bits per heavy atom. The van der Waals surface area contributed by atoms with Crippen LogP contribution < -0.4 is 16.0 Å². The number of hydrogen-bond acceptors (Lipinski definition) is 5. The molecule has 0 spiro atoms. The molecule has 0 bridgehead atoms. The van der Waals surface area contributed by atoms with Crippen molar-refractivity contribution in [2.45, 2.75) is 6.04 Å². The fourth-order valence-corrected chi connectivity index (χ4v) is 2.88. The molecule has 1 aliphatic heterocycles. The van der Waals surface area contributed by atoms with E-state index in [1.54, 1.807) is 43.1 Å². The molecule has 0 saturated carbocycles. The van der Waals surface area contributed by atoms with Crippen molar-refractivity contribution in [3.63, 3.8) is 0 Å². The SMILES string of the molecule is COCCNC(=O)c1ccccc1NC(=O)C1CSCN1. The Morgan fingerprint density at radius 1 is 1.43 bits per heavy atom. The summed E-state index contributed by atoms with van der Waals surface area (Å²) in [5.41, 5.74) is 0.976. The van der Waals surface area contributed by atoms with Gasteiger partial charge in [0, 0.05) is 25.3 Å². The molecule has 0 aliphatic carbocycles. The highest BCUT2D eigenvalue weighted by Gasteiger charge is 2.23. The first-order valence-corrected chi connectivity index (χ1v) is 7.86. The van der Waals surface area contributed by atoms with Crippen molar-refractivity contribution in [1.82, 2.24) is 10.6 Å². The van der Waals surface area contributed by atoms with Gasteiger partial charge in [-0.05, 0) is 12.1 Å². The summed E-state index contributed by atoms with van der Waals surface area (Å²) in [6, 6.07) is 6.77. The molecular formula is C14H19N3O3S. The van der Waals surface area contributed by atoms with E-state index in [4.69, 9.17) is 4.74 Å². The van der Waals surface area contributed by atoms with E-state index in [0.717, 1.165) is 11.6 Å². The summed E-state index contributed by atoms with van der Waals surface area (Å²) in [5, 5.41) is 8.67. The van der Waals surface area contributed by atoms with Crippen molar-refractivity contribution in [1.29, 1.82) is 0 Å². The van der Waals surface area contributed by atoms with E-state index in [9.17, 15) is 9.59 Å². The Labute approximate surface area is 128 Å². The third-order valence-electron chi connectivity index (χ3n) is 3.05. The minimum Gasteiger partial charge on any atom is -0.383 e. The number of methoxy groups -OCH3 is 1. The van der Waals surface area contributed by atoms with Crippen molar-refractivity contribution in [3.05, 3.63) is 29.8 Å². The number of para-hydroxylation sites is 1. The van der Waals surface area contributed by atoms with E-state index in [0.29, 0.717) is 24.4 Å². The van der Waals surface area contributed by atoms with E-state index < -0.39 is 0 Å². The molecule has 7 heteroatoms. The van der Waals surface area contributed by atoms with Crippen LogP contribution >= 0.6 is 11.8 Å². The number of anilines is 1. The number of nitrogens with one attached hydrogen (secondary N) is 3. The third kappa shape index (κ3) is 4.45. The smallest absolute Gasteiger partial charge is 0.253 e. The van der Waals surface area contributed by atoms with Gasteiger partial charge in [-0.3, -0.25) is 14.9 Å². The number of thioether (sulfide) groups is 1. The zero-order valence-corrected chi connectivity index (χ0v) is 12.7. The molecule has 2 rings (SSSR count). The molecule has 0 aromatic heterocycles. The second-order valence-corrected chi connectivity index (χ2v) is 5.59. The topological polar surface area (TPSA) is 79.5 Å². The fourth-order valence-electron chi connectivity index (χ4n) is 1.94. The third-order valence-corrected chi connectivity index (χ3v) is 3.99. The molecule has 1 aromatic carbocycles. The second-order valence-electron chi connectivity index (χ2n) is 4.56. The molecule has 21 heavy (non-hydrogen) atoms. The summed E-state index contributed by atoms with van der Waals surface area (Å²) < 4.78 is 4.90. The van der Waals surface area contributed by atoms with Gasteiger partial charge in [-0.15, -0.1) is 11.8 Å². The van der Waals surface area contributed by atoms with Crippen LogP contribution in [0.2, 0.25) is 0 Å². The quantitative estimate of drug-likeness (QED) is 0.673. The zero-order chi connectivity index (χ0) is 15.1. The minimum absolute atomic E-state index is 0.114. The number of hydrogen-bond donors (Lipinski definition) is 3. The van der Waals surface area contributed by atoms with Gasteiger partial charge in [-0.25, -0.2) is 0 Å². The van der Waals surface area contributed by atoms with Crippen molar-refractivity contribution in [2.75, 3.05) is 37.2 Å². The van der Waals surface area contributed by atoms with Crippen LogP contribution in [0.1, 0.15) is 10.4 Å². The molecule has 1 aromatic rings. The average Bonchev–Trinajstić information content (AvgIpc) is 3.02. The maximum atomic E-state index is 12.1. The van der Waals surface area contributed by atoms with Gasteiger partial charge in [0.25, 0.3) is 5.91 Å². The highest BCUT2D eigenvalue weighted by atomic mass is 32.2. The second kappa shape index (κ2) is 8.02. The van der Waals surface area contributed by atoms with Gasteiger partial charge in [0.2, 0.25) is 5.91 Å². The molecule has 1 unspecified atom stereocenters. The maximum absolute atomic E-state index is 12.1. The van der Waals surface area contributed by atoms with Crippen molar-refractivity contribution >= 4 is 29.3 Å². The van der Waals surface area contributed by atoms with Crippen LogP contribution in [0.5, 0.6) is 0 Å². The summed E-state index contributed by atoms with van der Waals surface area (Å²) in [7, 11) is 1.58. The van der Waals surface area contributed by atoms with Crippen LogP contribution in [0.4, 0.5) is 5.69 Å². The Hall–Kier alpha value is -1.57. The molecule has 6 nitrogen and oxygen atoms in total. The largest absolute Gasteiger partial charge is 0.383 e. The Bertz CT molecular complexity index is 504. The van der Waals surface area contributed by atoms with Crippen LogP contribution in [0, 0.1) is 0 Å². The van der Waals surface area contributed by atoms with Crippen molar-refractivity contribution < 1.29 is 14.3 Å². The molecule has 1 atom stereocenters. The molecule has 3 N–H and O–H groups in total. The normalized spacial score (nSPS) is 17.5. The number of ether oxygens (including phenoxy) is 1. The van der Waals surface area contributed by atoms with Crippen LogP contribution in [-0.4, -0.2) is 49.7 Å². The van der Waals surface area contributed by atoms with Crippen molar-refractivity contribution in [2.24, 2.45) is 0 Å². The summed E-state index contributed by atoms with van der Waals surface area (Å²) in [6.07, 6.45) is 0. The first-order valence-electron chi connectivity index (χ1n) is 6.70. The van der Waals surface area contributed by atoms with E-state index in [1.807, 2.05) is 0 Å². The van der Waals surface area contributed by atoms with Gasteiger partial charge in [0.1, 0.15) is 0 Å². The average molecular weight is 309 g/mol. The molecule has 1 aliphatic rings. The number of benzene rings is 1. The summed E-state index contributed by atoms with van der Waals surface area (Å²) in [6.45, 7) is 0.877. The molecule has 1 heterocycles. The van der Waals surface area contributed by atoms with Gasteiger partial charge in [0.15, 0.2) is 0 Å². The Morgan fingerprint density at radius 2 is 2.24 bits per heavy atom. The van der Waals surface area contributed by atoms with E-state index >= 15 is 0 Å². The lowest BCUT2D eigenvalue weighted by Gasteiger charge is -2.14. The first kappa shape index (κ1) is 15.8. The fraction of sp³-hybridized carbons (Fsp3) is 0.429. The lowest BCUT2D eigenvalue weighted by molar-refractivity contribution is -0.117. The van der Waals surface area contributed by atoms with Gasteiger partial charge in [0.05, 0.1) is 23.9 Å². The van der Waals surface area contributed by atoms with E-state index in [1.165, 1.54) is 0 Å².